The summed E-state index contributed by atoms with van der Waals surface area (Å²) < 4.78 is 0. The zero-order valence-corrected chi connectivity index (χ0v) is 16.6. The third-order valence-electron chi connectivity index (χ3n) is 4.74. The lowest BCUT2D eigenvalue weighted by Crippen LogP contribution is -2.06. The average Bonchev–Trinajstić information content (AvgIpc) is 2.75. The van der Waals surface area contributed by atoms with Crippen molar-refractivity contribution in [1.82, 2.24) is 0 Å². The summed E-state index contributed by atoms with van der Waals surface area (Å²) in [6.07, 6.45) is 0. The molecule has 4 aromatic carbocycles. The SMILES string of the molecule is CC(=O)Nc1cccc2c(O)ccc(N=Nc3ccc(-c4cc(O)ccc4O)cc3)c12. The van der Waals surface area contributed by atoms with Crippen LogP contribution in [0.5, 0.6) is 17.2 Å². The number of hydrogen-bond donors (Lipinski definition) is 4. The van der Waals surface area contributed by atoms with Crippen molar-refractivity contribution in [2.45, 2.75) is 6.92 Å². The number of fused-ring (bicyclic) bond motifs is 1. The van der Waals surface area contributed by atoms with Gasteiger partial charge in [-0.3, -0.25) is 4.79 Å². The lowest BCUT2D eigenvalue weighted by molar-refractivity contribution is -0.114. The van der Waals surface area contributed by atoms with Gasteiger partial charge in [-0.15, -0.1) is 5.11 Å². The molecule has 0 aliphatic carbocycles. The Morgan fingerprint density at radius 1 is 0.839 bits per heavy atom. The van der Waals surface area contributed by atoms with Gasteiger partial charge in [-0.1, -0.05) is 24.3 Å². The Kier molecular flexibility index (Phi) is 5.24. The Labute approximate surface area is 177 Å². The highest BCUT2D eigenvalue weighted by atomic mass is 16.3. The van der Waals surface area contributed by atoms with Crippen LogP contribution in [0, 0.1) is 0 Å². The molecule has 1 amide bonds. The van der Waals surface area contributed by atoms with Crippen LogP contribution in [-0.2, 0) is 4.79 Å². The van der Waals surface area contributed by atoms with Crippen LogP contribution >= 0.6 is 0 Å². The minimum absolute atomic E-state index is 0.0609. The first-order valence-electron chi connectivity index (χ1n) is 9.49. The molecular formula is C24H19N3O4. The molecular weight excluding hydrogens is 394 g/mol. The molecule has 154 valence electrons. The van der Waals surface area contributed by atoms with Crippen LogP contribution in [0.1, 0.15) is 6.92 Å². The molecule has 0 heterocycles. The molecule has 7 heteroatoms. The van der Waals surface area contributed by atoms with E-state index in [-0.39, 0.29) is 23.2 Å². The standard InChI is InChI=1S/C24H19N3O4/c1-14(28)25-20-4-2-3-18-22(30)12-10-21(24(18)20)27-26-16-7-5-15(6-8-16)19-13-17(29)9-11-23(19)31/h2-13,29-31H,1H3,(H,25,28). The number of anilines is 1. The van der Waals surface area contributed by atoms with Crippen molar-refractivity contribution < 1.29 is 20.1 Å². The van der Waals surface area contributed by atoms with Crippen molar-refractivity contribution in [3.8, 4) is 28.4 Å². The lowest BCUT2D eigenvalue weighted by atomic mass is 10.0. The molecule has 7 nitrogen and oxygen atoms in total. The van der Waals surface area contributed by atoms with Crippen LogP contribution in [0.3, 0.4) is 0 Å². The number of hydrogen-bond acceptors (Lipinski definition) is 6. The molecule has 0 radical (unpaired) electrons. The fourth-order valence-corrected chi connectivity index (χ4v) is 3.32. The summed E-state index contributed by atoms with van der Waals surface area (Å²) in [6.45, 7) is 1.41. The second-order valence-electron chi connectivity index (χ2n) is 6.96. The van der Waals surface area contributed by atoms with Gasteiger partial charge < -0.3 is 20.6 Å². The Bertz CT molecular complexity index is 1310. The van der Waals surface area contributed by atoms with E-state index in [0.29, 0.717) is 33.4 Å². The monoisotopic (exact) mass is 413 g/mol. The second kappa shape index (κ2) is 8.16. The fourth-order valence-electron chi connectivity index (χ4n) is 3.32. The van der Waals surface area contributed by atoms with E-state index >= 15 is 0 Å². The number of azo groups is 1. The zero-order valence-electron chi connectivity index (χ0n) is 16.6. The first kappa shape index (κ1) is 19.9. The molecule has 0 atom stereocenters. The molecule has 0 saturated heterocycles. The maximum absolute atomic E-state index is 11.6. The molecule has 0 aliphatic heterocycles. The first-order chi connectivity index (χ1) is 14.9. The summed E-state index contributed by atoms with van der Waals surface area (Å²) in [5.74, 6) is -0.0278. The Hall–Kier alpha value is -4.39. The number of rotatable bonds is 4. The molecule has 0 spiro atoms. The van der Waals surface area contributed by atoms with Gasteiger partial charge in [0.1, 0.15) is 17.2 Å². The average molecular weight is 413 g/mol. The van der Waals surface area contributed by atoms with Gasteiger partial charge in [-0.05, 0) is 54.1 Å². The summed E-state index contributed by atoms with van der Waals surface area (Å²) in [5.41, 5.74) is 2.82. The minimum Gasteiger partial charge on any atom is -0.508 e. The van der Waals surface area contributed by atoms with E-state index in [2.05, 4.69) is 15.5 Å². The smallest absolute Gasteiger partial charge is 0.221 e. The van der Waals surface area contributed by atoms with Crippen molar-refractivity contribution in [2.24, 2.45) is 10.2 Å². The molecule has 0 saturated carbocycles. The van der Waals surface area contributed by atoms with Crippen molar-refractivity contribution in [1.29, 1.82) is 0 Å². The summed E-state index contributed by atoms with van der Waals surface area (Å²) in [7, 11) is 0. The number of phenols is 3. The molecule has 4 N–H and O–H groups in total. The molecule has 4 aromatic rings. The van der Waals surface area contributed by atoms with Gasteiger partial charge in [0, 0.05) is 23.3 Å². The van der Waals surface area contributed by atoms with Crippen LogP contribution in [0.15, 0.2) is 83.0 Å². The number of amides is 1. The van der Waals surface area contributed by atoms with Gasteiger partial charge in [0.15, 0.2) is 0 Å². The molecule has 0 aromatic heterocycles. The van der Waals surface area contributed by atoms with E-state index in [9.17, 15) is 20.1 Å². The minimum atomic E-state index is -0.232. The third kappa shape index (κ3) is 4.16. The van der Waals surface area contributed by atoms with Crippen molar-refractivity contribution in [2.75, 3.05) is 5.32 Å². The second-order valence-corrected chi connectivity index (χ2v) is 6.96. The lowest BCUT2D eigenvalue weighted by Gasteiger charge is -2.10. The molecule has 0 unspecified atom stereocenters. The highest BCUT2D eigenvalue weighted by molar-refractivity contribution is 6.08. The normalized spacial score (nSPS) is 11.1. The van der Waals surface area contributed by atoms with Crippen molar-refractivity contribution >= 4 is 33.7 Å². The summed E-state index contributed by atoms with van der Waals surface area (Å²) in [5, 5.41) is 42.4. The number of nitrogens with one attached hydrogen (secondary N) is 1. The largest absolute Gasteiger partial charge is 0.508 e. The zero-order chi connectivity index (χ0) is 22.0. The molecule has 0 fully saturated rings. The Morgan fingerprint density at radius 2 is 1.58 bits per heavy atom. The predicted molar refractivity (Wildman–Crippen MR) is 119 cm³/mol. The number of carbonyl (C=O) groups excluding carboxylic acids is 1. The van der Waals surface area contributed by atoms with Crippen LogP contribution in [-0.4, -0.2) is 21.2 Å². The van der Waals surface area contributed by atoms with Gasteiger partial charge in [0.25, 0.3) is 0 Å². The van der Waals surface area contributed by atoms with Gasteiger partial charge in [0.2, 0.25) is 5.91 Å². The van der Waals surface area contributed by atoms with Crippen LogP contribution in [0.25, 0.3) is 21.9 Å². The van der Waals surface area contributed by atoms with E-state index in [1.54, 1.807) is 48.5 Å². The van der Waals surface area contributed by atoms with Crippen LogP contribution in [0.4, 0.5) is 17.1 Å². The van der Waals surface area contributed by atoms with E-state index in [0.717, 1.165) is 5.56 Å². The Morgan fingerprint density at radius 3 is 2.32 bits per heavy atom. The van der Waals surface area contributed by atoms with Crippen molar-refractivity contribution in [3.63, 3.8) is 0 Å². The van der Waals surface area contributed by atoms with Gasteiger partial charge in [-0.2, -0.15) is 5.11 Å². The Balaban J connectivity index is 1.69. The molecule has 0 aliphatic rings. The van der Waals surface area contributed by atoms with E-state index in [4.69, 9.17) is 0 Å². The maximum atomic E-state index is 11.6. The number of nitrogens with zero attached hydrogens (tertiary/aromatic N) is 2. The third-order valence-corrected chi connectivity index (χ3v) is 4.74. The molecule has 0 bridgehead atoms. The summed E-state index contributed by atoms with van der Waals surface area (Å²) >= 11 is 0. The number of aromatic hydroxyl groups is 3. The van der Waals surface area contributed by atoms with Crippen LogP contribution in [0.2, 0.25) is 0 Å². The van der Waals surface area contributed by atoms with Crippen LogP contribution < -0.4 is 5.32 Å². The number of carbonyl (C=O) groups is 1. The highest BCUT2D eigenvalue weighted by Crippen LogP contribution is 2.38. The van der Waals surface area contributed by atoms with E-state index in [1.165, 1.54) is 31.2 Å². The maximum Gasteiger partial charge on any atom is 0.221 e. The van der Waals surface area contributed by atoms with Gasteiger partial charge in [-0.25, -0.2) is 0 Å². The summed E-state index contributed by atoms with van der Waals surface area (Å²) in [6, 6.07) is 19.7. The topological polar surface area (TPSA) is 115 Å². The van der Waals surface area contributed by atoms with Gasteiger partial charge in [0.05, 0.1) is 17.1 Å². The van der Waals surface area contributed by atoms with E-state index < -0.39 is 0 Å². The highest BCUT2D eigenvalue weighted by Gasteiger charge is 2.11. The first-order valence-corrected chi connectivity index (χ1v) is 9.49. The number of benzene rings is 4. The summed E-state index contributed by atoms with van der Waals surface area (Å²) in [4.78, 5) is 11.6. The molecule has 4 rings (SSSR count). The van der Waals surface area contributed by atoms with E-state index in [1.807, 2.05) is 0 Å². The molecule has 31 heavy (non-hydrogen) atoms. The predicted octanol–water partition coefficient (Wildman–Crippen LogP) is 6.00. The fraction of sp³-hybridized carbons (Fsp3) is 0.0417. The van der Waals surface area contributed by atoms with Crippen molar-refractivity contribution in [3.05, 3.63) is 72.8 Å². The van der Waals surface area contributed by atoms with Gasteiger partial charge >= 0.3 is 0 Å². The quantitative estimate of drug-likeness (QED) is 0.243. The number of phenolic OH excluding ortho intramolecular Hbond substituents is 3.